The third-order valence-corrected chi connectivity index (χ3v) is 5.08. The lowest BCUT2D eigenvalue weighted by Crippen LogP contribution is -2.49. The number of aromatic nitrogens is 4. The summed E-state index contributed by atoms with van der Waals surface area (Å²) in [6, 6.07) is -0.335. The van der Waals surface area contributed by atoms with Gasteiger partial charge in [-0.1, -0.05) is 13.8 Å². The molecule has 164 valence electrons. The Kier molecular flexibility index (Phi) is 6.02. The molecule has 0 radical (unpaired) electrons. The average Bonchev–Trinajstić information content (AvgIpc) is 3.07. The fraction of sp³-hybridized carbons (Fsp3) is 0.579. The van der Waals surface area contributed by atoms with Crippen LogP contribution in [0.1, 0.15) is 30.9 Å². The summed E-state index contributed by atoms with van der Waals surface area (Å²) in [6.45, 7) is 5.07. The monoisotopic (exact) mass is 426 g/mol. The molecular weight excluding hydrogens is 401 g/mol. The number of nitrogens with zero attached hydrogens (tertiary/aromatic N) is 5. The molecule has 0 bridgehead atoms. The molecule has 1 aliphatic heterocycles. The molecule has 0 saturated carbocycles. The van der Waals surface area contributed by atoms with Crippen molar-refractivity contribution in [2.45, 2.75) is 58.5 Å². The number of rotatable bonds is 6. The van der Waals surface area contributed by atoms with Gasteiger partial charge >= 0.3 is 6.18 Å². The fourth-order valence-corrected chi connectivity index (χ4v) is 3.55. The Labute approximate surface area is 172 Å². The van der Waals surface area contributed by atoms with Gasteiger partial charge in [-0.05, 0) is 24.8 Å². The topological polar surface area (TPSA) is 96.2 Å². The number of carbonyl (C=O) groups excluding carboxylic acids is 1. The maximum Gasteiger partial charge on any atom is 0.416 e. The highest BCUT2D eigenvalue weighted by molar-refractivity contribution is 6.03. The third-order valence-electron chi connectivity index (χ3n) is 5.08. The Hall–Kier alpha value is -2.69. The van der Waals surface area contributed by atoms with Crippen molar-refractivity contribution >= 4 is 17.4 Å². The first-order valence-electron chi connectivity index (χ1n) is 9.64. The minimum atomic E-state index is -4.68. The van der Waals surface area contributed by atoms with Crippen LogP contribution in [0.4, 0.5) is 24.7 Å². The second-order valence-electron chi connectivity index (χ2n) is 7.84. The van der Waals surface area contributed by atoms with Gasteiger partial charge in [-0.2, -0.15) is 18.3 Å². The van der Waals surface area contributed by atoms with Gasteiger partial charge in [0.25, 0.3) is 0 Å². The van der Waals surface area contributed by atoms with Gasteiger partial charge in [0.05, 0.1) is 18.4 Å². The molecule has 0 spiro atoms. The summed E-state index contributed by atoms with van der Waals surface area (Å²) in [4.78, 5) is 23.3. The van der Waals surface area contributed by atoms with Crippen LogP contribution in [0, 0.1) is 12.8 Å². The smallest absolute Gasteiger partial charge is 0.382 e. The zero-order valence-electron chi connectivity index (χ0n) is 17.2. The third kappa shape index (κ3) is 4.55. The lowest BCUT2D eigenvalue weighted by atomic mass is 9.99. The highest BCUT2D eigenvalue weighted by Gasteiger charge is 2.38. The number of aliphatic hydroxyl groups is 1. The number of fused-ring (bicyclic) bond motifs is 1. The first-order chi connectivity index (χ1) is 14.0. The molecule has 1 amide bonds. The Bertz CT molecular complexity index is 927. The Balaban J connectivity index is 1.72. The number of carbonyl (C=O) groups is 1. The molecule has 1 aliphatic rings. The number of nitrogens with one attached hydrogen (secondary N) is 1. The number of anilines is 2. The molecule has 11 heteroatoms. The summed E-state index contributed by atoms with van der Waals surface area (Å²) < 4.78 is 38.5. The summed E-state index contributed by atoms with van der Waals surface area (Å²) >= 11 is 0. The first kappa shape index (κ1) is 22.0. The molecule has 0 fully saturated rings. The lowest BCUT2D eigenvalue weighted by Gasteiger charge is -2.36. The predicted molar refractivity (Wildman–Crippen MR) is 104 cm³/mol. The molecule has 3 heterocycles. The summed E-state index contributed by atoms with van der Waals surface area (Å²) in [5.74, 6) is 1.23. The van der Waals surface area contributed by atoms with Crippen molar-refractivity contribution in [1.29, 1.82) is 0 Å². The van der Waals surface area contributed by atoms with Crippen molar-refractivity contribution in [1.82, 2.24) is 19.7 Å². The van der Waals surface area contributed by atoms with Crippen molar-refractivity contribution in [3.05, 3.63) is 29.5 Å². The molecule has 30 heavy (non-hydrogen) atoms. The summed E-state index contributed by atoms with van der Waals surface area (Å²) in [7, 11) is 1.83. The molecule has 3 rings (SSSR count). The van der Waals surface area contributed by atoms with E-state index in [-0.39, 0.29) is 17.9 Å². The predicted octanol–water partition coefficient (Wildman–Crippen LogP) is 2.10. The van der Waals surface area contributed by atoms with E-state index in [0.717, 1.165) is 4.68 Å². The Morgan fingerprint density at radius 2 is 1.97 bits per heavy atom. The first-order valence-corrected chi connectivity index (χ1v) is 9.64. The molecule has 2 atom stereocenters. The molecular formula is C19H25F3N6O2. The molecule has 2 aromatic heterocycles. The number of aryl methyl sites for hydroxylation is 3. The fourth-order valence-electron chi connectivity index (χ4n) is 3.55. The van der Waals surface area contributed by atoms with Crippen molar-refractivity contribution in [2.24, 2.45) is 5.92 Å². The van der Waals surface area contributed by atoms with Gasteiger partial charge in [0, 0.05) is 19.7 Å². The van der Waals surface area contributed by atoms with E-state index < -0.39 is 18.8 Å². The Morgan fingerprint density at radius 3 is 2.60 bits per heavy atom. The molecule has 2 aromatic rings. The number of hydrogen-bond donors (Lipinski definition) is 2. The maximum absolute atomic E-state index is 12.5. The van der Waals surface area contributed by atoms with E-state index in [9.17, 15) is 18.0 Å². The van der Waals surface area contributed by atoms with Gasteiger partial charge in [-0.25, -0.2) is 9.97 Å². The average molecular weight is 426 g/mol. The standard InChI is InChI=1S/C19H25F3N6O2/c1-10(2)16-18(30)26-15-11(3)24-14(25-17(15)27(16)4)6-5-12-7-23-28(8-12)9-13(29)19(20,21)22/h7-8,10,13,16,29H,5-6,9H2,1-4H3,(H,26,30)/t13?,16-/m0/s1. The van der Waals surface area contributed by atoms with Crippen LogP contribution in [-0.4, -0.2) is 56.1 Å². The minimum absolute atomic E-state index is 0.0899. The SMILES string of the molecule is Cc1nc(CCc2cnn(CC(O)C(F)(F)F)c2)nc2c1NC(=O)[C@H](C(C)C)N2C. The van der Waals surface area contributed by atoms with Crippen LogP contribution < -0.4 is 10.2 Å². The summed E-state index contributed by atoms with van der Waals surface area (Å²) in [5.41, 5.74) is 1.96. The summed E-state index contributed by atoms with van der Waals surface area (Å²) in [5, 5.41) is 15.9. The minimum Gasteiger partial charge on any atom is -0.382 e. The van der Waals surface area contributed by atoms with E-state index in [1.165, 1.54) is 12.4 Å². The zero-order valence-corrected chi connectivity index (χ0v) is 17.2. The van der Waals surface area contributed by atoms with Crippen LogP contribution in [-0.2, 0) is 24.2 Å². The second kappa shape index (κ2) is 8.21. The molecule has 0 aromatic carbocycles. The van der Waals surface area contributed by atoms with E-state index in [0.29, 0.717) is 41.4 Å². The van der Waals surface area contributed by atoms with E-state index >= 15 is 0 Å². The van der Waals surface area contributed by atoms with Crippen molar-refractivity contribution in [2.75, 3.05) is 17.3 Å². The highest BCUT2D eigenvalue weighted by Crippen LogP contribution is 2.33. The summed E-state index contributed by atoms with van der Waals surface area (Å²) in [6.07, 6.45) is -3.27. The number of alkyl halides is 3. The lowest BCUT2D eigenvalue weighted by molar-refractivity contribution is -0.208. The maximum atomic E-state index is 12.5. The van der Waals surface area contributed by atoms with E-state index in [4.69, 9.17) is 5.11 Å². The number of likely N-dealkylation sites (N-methyl/N-ethyl adjacent to an activating group) is 1. The second-order valence-corrected chi connectivity index (χ2v) is 7.84. The quantitative estimate of drug-likeness (QED) is 0.735. The van der Waals surface area contributed by atoms with Crippen LogP contribution >= 0.6 is 0 Å². The highest BCUT2D eigenvalue weighted by atomic mass is 19.4. The number of amides is 1. The van der Waals surface area contributed by atoms with E-state index in [1.54, 1.807) is 6.92 Å². The number of aliphatic hydroxyl groups excluding tert-OH is 1. The number of halogens is 3. The van der Waals surface area contributed by atoms with Crippen molar-refractivity contribution in [3.8, 4) is 0 Å². The van der Waals surface area contributed by atoms with Gasteiger partial charge in [-0.3, -0.25) is 9.48 Å². The van der Waals surface area contributed by atoms with Crippen molar-refractivity contribution < 1.29 is 23.1 Å². The van der Waals surface area contributed by atoms with E-state index in [2.05, 4.69) is 20.4 Å². The Morgan fingerprint density at radius 1 is 1.27 bits per heavy atom. The van der Waals surface area contributed by atoms with Crippen LogP contribution in [0.2, 0.25) is 0 Å². The van der Waals surface area contributed by atoms with Gasteiger partial charge in [0.2, 0.25) is 5.91 Å². The van der Waals surface area contributed by atoms with Crippen LogP contribution in [0.15, 0.2) is 12.4 Å². The van der Waals surface area contributed by atoms with Gasteiger partial charge in [0.1, 0.15) is 17.6 Å². The normalized spacial score (nSPS) is 17.8. The van der Waals surface area contributed by atoms with Gasteiger partial charge in [-0.15, -0.1) is 0 Å². The molecule has 2 N–H and O–H groups in total. The molecule has 0 saturated heterocycles. The van der Waals surface area contributed by atoms with Gasteiger partial charge < -0.3 is 15.3 Å². The molecule has 0 aliphatic carbocycles. The van der Waals surface area contributed by atoms with Crippen LogP contribution in [0.25, 0.3) is 0 Å². The zero-order chi connectivity index (χ0) is 22.2. The van der Waals surface area contributed by atoms with E-state index in [1.807, 2.05) is 25.8 Å². The molecule has 1 unspecified atom stereocenters. The largest absolute Gasteiger partial charge is 0.416 e. The van der Waals surface area contributed by atoms with Crippen LogP contribution in [0.5, 0.6) is 0 Å². The molecule has 8 nitrogen and oxygen atoms in total. The van der Waals surface area contributed by atoms with Gasteiger partial charge in [0.15, 0.2) is 11.9 Å². The van der Waals surface area contributed by atoms with Crippen molar-refractivity contribution in [3.63, 3.8) is 0 Å². The number of hydrogen-bond acceptors (Lipinski definition) is 6. The van der Waals surface area contributed by atoms with Crippen LogP contribution in [0.3, 0.4) is 0 Å².